The Morgan fingerprint density at radius 3 is 2.44 bits per heavy atom. The van der Waals surface area contributed by atoms with Gasteiger partial charge in [0.2, 0.25) is 5.91 Å². The maximum absolute atomic E-state index is 13.7. The number of rotatable bonds is 6. The molecule has 2 aromatic heterocycles. The van der Waals surface area contributed by atoms with Crippen molar-refractivity contribution in [3.63, 3.8) is 0 Å². The number of benzene rings is 1. The Morgan fingerprint density at radius 1 is 1.14 bits per heavy atom. The van der Waals surface area contributed by atoms with Crippen LogP contribution in [-0.2, 0) is 18.4 Å². The molecule has 1 amide bonds. The molecule has 3 heterocycles. The molecule has 1 aliphatic heterocycles. The lowest BCUT2D eigenvalue weighted by Crippen LogP contribution is -2.38. The molecule has 0 bridgehead atoms. The minimum absolute atomic E-state index is 0.00347. The molecule has 4 rings (SSSR count). The lowest BCUT2D eigenvalue weighted by molar-refractivity contribution is -0.129. The van der Waals surface area contributed by atoms with E-state index in [-0.39, 0.29) is 29.5 Å². The molecule has 0 unspecified atom stereocenters. The summed E-state index contributed by atoms with van der Waals surface area (Å²) >= 11 is 0. The molecule has 1 saturated heterocycles. The molecular formula is C25H27F4N5O2. The Balaban J connectivity index is 1.74. The van der Waals surface area contributed by atoms with Gasteiger partial charge in [0, 0.05) is 57.3 Å². The van der Waals surface area contributed by atoms with Crippen molar-refractivity contribution >= 4 is 22.8 Å². The van der Waals surface area contributed by atoms with E-state index in [1.165, 1.54) is 30.0 Å². The van der Waals surface area contributed by atoms with Gasteiger partial charge in [-0.25, -0.2) is 27.5 Å². The fourth-order valence-electron chi connectivity index (χ4n) is 4.94. The van der Waals surface area contributed by atoms with Crippen LogP contribution < -0.4 is 10.5 Å². The molecule has 1 aliphatic rings. The highest BCUT2D eigenvalue weighted by atomic mass is 19.3. The highest BCUT2D eigenvalue weighted by molar-refractivity contribution is 5.87. The summed E-state index contributed by atoms with van der Waals surface area (Å²) in [6.45, 7) is 2.53. The van der Waals surface area contributed by atoms with Crippen LogP contribution in [0, 0.1) is 0 Å². The molecule has 0 N–H and O–H groups in total. The fourth-order valence-corrected chi connectivity index (χ4v) is 4.94. The lowest BCUT2D eigenvalue weighted by Gasteiger charge is -2.31. The summed E-state index contributed by atoms with van der Waals surface area (Å²) < 4.78 is 55.7. The van der Waals surface area contributed by atoms with Crippen molar-refractivity contribution in [1.29, 1.82) is 0 Å². The molecular weight excluding hydrogens is 478 g/mol. The van der Waals surface area contributed by atoms with E-state index in [0.29, 0.717) is 48.3 Å². The van der Waals surface area contributed by atoms with Gasteiger partial charge in [-0.1, -0.05) is 18.2 Å². The van der Waals surface area contributed by atoms with Gasteiger partial charge in [-0.2, -0.15) is 0 Å². The van der Waals surface area contributed by atoms with E-state index in [2.05, 4.69) is 9.97 Å². The normalized spacial score (nSPS) is 14.8. The maximum atomic E-state index is 13.7. The largest absolute Gasteiger partial charge is 0.355 e. The highest BCUT2D eigenvalue weighted by Gasteiger charge is 2.27. The molecule has 36 heavy (non-hydrogen) atoms. The number of nitrogens with zero attached hydrogens (tertiary/aromatic N) is 5. The predicted molar refractivity (Wildman–Crippen MR) is 127 cm³/mol. The van der Waals surface area contributed by atoms with Crippen LogP contribution in [0.4, 0.5) is 23.4 Å². The van der Waals surface area contributed by atoms with Crippen LogP contribution in [0.3, 0.4) is 0 Å². The van der Waals surface area contributed by atoms with Gasteiger partial charge in [0.05, 0.1) is 5.39 Å². The summed E-state index contributed by atoms with van der Waals surface area (Å²) in [6.07, 6.45) is -3.53. The first-order valence-electron chi connectivity index (χ1n) is 11.6. The van der Waals surface area contributed by atoms with Gasteiger partial charge in [-0.15, -0.1) is 0 Å². The number of aromatic nitrogens is 3. The molecule has 1 aromatic carbocycles. The summed E-state index contributed by atoms with van der Waals surface area (Å²) in [6, 6.07) is 5.48. The second-order valence-electron chi connectivity index (χ2n) is 9.06. The number of hydrogen-bond acceptors (Lipinski definition) is 5. The number of alkyl halides is 4. The number of pyridine rings is 1. The zero-order valence-corrected chi connectivity index (χ0v) is 20.2. The van der Waals surface area contributed by atoms with E-state index >= 15 is 0 Å². The van der Waals surface area contributed by atoms with Crippen molar-refractivity contribution < 1.29 is 22.4 Å². The van der Waals surface area contributed by atoms with E-state index in [1.807, 2.05) is 0 Å². The molecule has 0 atom stereocenters. The number of carbonyl (C=O) groups excluding carboxylic acids is 1. The smallest absolute Gasteiger partial charge is 0.264 e. The fraction of sp³-hybridized carbons (Fsp3) is 0.440. The second-order valence-corrected chi connectivity index (χ2v) is 9.06. The van der Waals surface area contributed by atoms with Crippen molar-refractivity contribution in [3.05, 3.63) is 63.2 Å². The van der Waals surface area contributed by atoms with Crippen LogP contribution in [0.5, 0.6) is 0 Å². The zero-order valence-electron chi connectivity index (χ0n) is 20.2. The summed E-state index contributed by atoms with van der Waals surface area (Å²) in [5.74, 6) is 0.326. The number of hydrogen-bond donors (Lipinski definition) is 0. The van der Waals surface area contributed by atoms with E-state index in [4.69, 9.17) is 0 Å². The van der Waals surface area contributed by atoms with Crippen molar-refractivity contribution in [2.75, 3.05) is 25.0 Å². The number of piperidine rings is 1. The number of halogens is 4. The standard InChI is InChI=1S/C25H27F4N5O2/c1-14(35)34-9-7-15(8-10-34)18-11-19-23(30-13-31-24(19)33(3)25(18)36)32(2)12-16-5-4-6-17(21(26)27)20(16)22(28)29/h4-6,11,13,15,21-22H,7-10,12H2,1-3H3. The minimum atomic E-state index is -3.06. The van der Waals surface area contributed by atoms with Crippen molar-refractivity contribution in [3.8, 4) is 0 Å². The van der Waals surface area contributed by atoms with Gasteiger partial charge in [-0.3, -0.25) is 14.2 Å². The number of aryl methyl sites for hydroxylation is 1. The maximum Gasteiger partial charge on any atom is 0.264 e. The molecule has 7 nitrogen and oxygen atoms in total. The first-order chi connectivity index (χ1) is 17.1. The van der Waals surface area contributed by atoms with Crippen LogP contribution in [0.25, 0.3) is 11.0 Å². The molecule has 0 saturated carbocycles. The van der Waals surface area contributed by atoms with E-state index in [1.54, 1.807) is 30.0 Å². The monoisotopic (exact) mass is 505 g/mol. The third-order valence-corrected chi connectivity index (χ3v) is 6.84. The average molecular weight is 506 g/mol. The minimum Gasteiger partial charge on any atom is -0.355 e. The third kappa shape index (κ3) is 4.78. The van der Waals surface area contributed by atoms with Crippen molar-refractivity contribution in [1.82, 2.24) is 19.4 Å². The van der Waals surface area contributed by atoms with Crippen LogP contribution in [0.15, 0.2) is 35.4 Å². The highest BCUT2D eigenvalue weighted by Crippen LogP contribution is 2.35. The Labute approximate surface area is 205 Å². The molecule has 11 heteroatoms. The number of anilines is 1. The Hall–Kier alpha value is -3.50. The van der Waals surface area contributed by atoms with Gasteiger partial charge in [-0.05, 0) is 30.4 Å². The van der Waals surface area contributed by atoms with E-state index in [0.717, 1.165) is 6.07 Å². The number of amides is 1. The van der Waals surface area contributed by atoms with Gasteiger partial charge < -0.3 is 9.80 Å². The quantitative estimate of drug-likeness (QED) is 0.459. The molecule has 0 aliphatic carbocycles. The lowest BCUT2D eigenvalue weighted by atomic mass is 9.89. The molecule has 0 spiro atoms. The van der Waals surface area contributed by atoms with Gasteiger partial charge in [0.1, 0.15) is 17.8 Å². The first-order valence-corrected chi connectivity index (χ1v) is 11.6. The summed E-state index contributed by atoms with van der Waals surface area (Å²) in [7, 11) is 3.23. The summed E-state index contributed by atoms with van der Waals surface area (Å²) in [5.41, 5.74) is -0.546. The predicted octanol–water partition coefficient (Wildman–Crippen LogP) is 4.57. The number of likely N-dealkylation sites (tertiary alicyclic amines) is 1. The van der Waals surface area contributed by atoms with Gasteiger partial charge in [0.25, 0.3) is 18.4 Å². The van der Waals surface area contributed by atoms with Crippen molar-refractivity contribution in [2.24, 2.45) is 7.05 Å². The van der Waals surface area contributed by atoms with Crippen molar-refractivity contribution in [2.45, 2.75) is 45.1 Å². The molecule has 0 radical (unpaired) electrons. The Kier molecular flexibility index (Phi) is 7.28. The second kappa shape index (κ2) is 10.2. The zero-order chi connectivity index (χ0) is 26.1. The van der Waals surface area contributed by atoms with E-state index < -0.39 is 24.0 Å². The number of fused-ring (bicyclic) bond motifs is 1. The summed E-state index contributed by atoms with van der Waals surface area (Å²) in [5, 5.41) is 0.551. The average Bonchev–Trinajstić information content (AvgIpc) is 2.85. The van der Waals surface area contributed by atoms with Gasteiger partial charge in [0.15, 0.2) is 0 Å². The SMILES string of the molecule is CC(=O)N1CCC(c2cc3c(N(C)Cc4cccc(C(F)F)c4C(F)F)ncnc3n(C)c2=O)CC1. The van der Waals surface area contributed by atoms with Crippen LogP contribution in [0.1, 0.15) is 60.8 Å². The Bertz CT molecular complexity index is 1340. The third-order valence-electron chi connectivity index (χ3n) is 6.84. The van der Waals surface area contributed by atoms with Crippen LogP contribution in [0.2, 0.25) is 0 Å². The van der Waals surface area contributed by atoms with Crippen LogP contribution in [-0.4, -0.2) is 45.5 Å². The summed E-state index contributed by atoms with van der Waals surface area (Å²) in [4.78, 5) is 36.8. The van der Waals surface area contributed by atoms with Gasteiger partial charge >= 0.3 is 0 Å². The topological polar surface area (TPSA) is 71.3 Å². The molecule has 3 aromatic rings. The Morgan fingerprint density at radius 2 is 1.83 bits per heavy atom. The molecule has 1 fully saturated rings. The first kappa shape index (κ1) is 25.6. The van der Waals surface area contributed by atoms with E-state index in [9.17, 15) is 27.2 Å². The van der Waals surface area contributed by atoms with Crippen LogP contribution >= 0.6 is 0 Å². The number of carbonyl (C=O) groups is 1. The molecule has 192 valence electrons.